The van der Waals surface area contributed by atoms with Crippen LogP contribution in [-0.4, -0.2) is 31.6 Å². The smallest absolute Gasteiger partial charge is 0.0230 e. The molecule has 1 aromatic rings. The summed E-state index contributed by atoms with van der Waals surface area (Å²) in [6.45, 7) is 4.75. The summed E-state index contributed by atoms with van der Waals surface area (Å²) in [5.74, 6) is 0.931. The summed E-state index contributed by atoms with van der Waals surface area (Å²) in [5, 5.41) is 3.44. The van der Waals surface area contributed by atoms with E-state index in [1.165, 1.54) is 44.5 Å². The second kappa shape index (κ2) is 6.77. The van der Waals surface area contributed by atoms with Gasteiger partial charge in [-0.15, -0.1) is 0 Å². The molecule has 94 valence electrons. The van der Waals surface area contributed by atoms with Crippen LogP contribution in [-0.2, 0) is 6.54 Å². The Bertz CT molecular complexity index is 304. The summed E-state index contributed by atoms with van der Waals surface area (Å²) < 4.78 is 0. The summed E-state index contributed by atoms with van der Waals surface area (Å²) in [4.78, 5) is 2.43. The number of benzene rings is 1. The zero-order valence-electron chi connectivity index (χ0n) is 10.9. The fourth-order valence-electron chi connectivity index (χ4n) is 2.58. The molecule has 1 atom stereocenters. The first-order valence-corrected chi connectivity index (χ1v) is 6.78. The molecule has 2 rings (SSSR count). The van der Waals surface area contributed by atoms with Crippen molar-refractivity contribution in [2.24, 2.45) is 5.92 Å². The molecule has 1 aliphatic heterocycles. The number of hydrogen-bond donors (Lipinski definition) is 1. The van der Waals surface area contributed by atoms with Crippen molar-refractivity contribution in [1.82, 2.24) is 10.2 Å². The van der Waals surface area contributed by atoms with Crippen LogP contribution in [0.15, 0.2) is 30.3 Å². The van der Waals surface area contributed by atoms with Crippen LogP contribution >= 0.6 is 0 Å². The normalized spacial score (nSPS) is 20.0. The molecule has 1 saturated heterocycles. The van der Waals surface area contributed by atoms with Gasteiger partial charge in [-0.3, -0.25) is 0 Å². The van der Waals surface area contributed by atoms with E-state index in [2.05, 4.69) is 47.6 Å². The van der Waals surface area contributed by atoms with Crippen molar-refractivity contribution in [1.29, 1.82) is 0 Å². The van der Waals surface area contributed by atoms with Gasteiger partial charge in [-0.25, -0.2) is 0 Å². The number of hydrogen-bond acceptors (Lipinski definition) is 2. The van der Waals surface area contributed by atoms with Crippen molar-refractivity contribution in [2.75, 3.05) is 26.7 Å². The van der Waals surface area contributed by atoms with Crippen LogP contribution in [0.3, 0.4) is 0 Å². The fourth-order valence-corrected chi connectivity index (χ4v) is 2.58. The van der Waals surface area contributed by atoms with Gasteiger partial charge in [0.25, 0.3) is 0 Å². The monoisotopic (exact) mass is 232 g/mol. The first kappa shape index (κ1) is 12.6. The van der Waals surface area contributed by atoms with E-state index in [9.17, 15) is 0 Å². The third kappa shape index (κ3) is 4.49. The van der Waals surface area contributed by atoms with Crippen molar-refractivity contribution in [3.8, 4) is 0 Å². The summed E-state index contributed by atoms with van der Waals surface area (Å²) in [6.07, 6.45) is 4.09. The standard InChI is InChI=1S/C15H24N2/c1-17(13-15-6-3-2-4-7-15)11-5-8-14-9-10-16-12-14/h2-4,6-7,14,16H,5,8-13H2,1H3. The van der Waals surface area contributed by atoms with Crippen LogP contribution in [0.2, 0.25) is 0 Å². The molecular weight excluding hydrogens is 208 g/mol. The molecule has 2 heteroatoms. The first-order valence-electron chi connectivity index (χ1n) is 6.78. The van der Waals surface area contributed by atoms with Crippen molar-refractivity contribution in [3.05, 3.63) is 35.9 Å². The second-order valence-corrected chi connectivity index (χ2v) is 5.22. The molecule has 1 fully saturated rings. The predicted molar refractivity (Wildman–Crippen MR) is 73.0 cm³/mol. The molecule has 0 aromatic heterocycles. The third-order valence-electron chi connectivity index (χ3n) is 3.61. The Balaban J connectivity index is 1.62. The average Bonchev–Trinajstić information content (AvgIpc) is 2.83. The lowest BCUT2D eigenvalue weighted by atomic mass is 10.0. The number of nitrogens with one attached hydrogen (secondary N) is 1. The Morgan fingerprint density at radius 1 is 1.29 bits per heavy atom. The van der Waals surface area contributed by atoms with E-state index in [0.29, 0.717) is 0 Å². The molecule has 0 bridgehead atoms. The van der Waals surface area contributed by atoms with Crippen LogP contribution in [0.1, 0.15) is 24.8 Å². The minimum Gasteiger partial charge on any atom is -0.316 e. The van der Waals surface area contributed by atoms with Crippen LogP contribution < -0.4 is 5.32 Å². The van der Waals surface area contributed by atoms with Gasteiger partial charge in [-0.1, -0.05) is 30.3 Å². The van der Waals surface area contributed by atoms with E-state index < -0.39 is 0 Å². The van der Waals surface area contributed by atoms with E-state index in [0.717, 1.165) is 12.5 Å². The molecule has 0 aliphatic carbocycles. The highest BCUT2D eigenvalue weighted by Gasteiger charge is 2.13. The molecule has 0 saturated carbocycles. The van der Waals surface area contributed by atoms with E-state index in [1.807, 2.05) is 0 Å². The molecule has 0 radical (unpaired) electrons. The molecule has 17 heavy (non-hydrogen) atoms. The maximum atomic E-state index is 3.44. The number of rotatable bonds is 6. The molecule has 1 unspecified atom stereocenters. The maximum absolute atomic E-state index is 3.44. The average molecular weight is 232 g/mol. The summed E-state index contributed by atoms with van der Waals surface area (Å²) in [7, 11) is 2.22. The number of nitrogens with zero attached hydrogens (tertiary/aromatic N) is 1. The molecule has 0 amide bonds. The lowest BCUT2D eigenvalue weighted by Crippen LogP contribution is -2.20. The lowest BCUT2D eigenvalue weighted by Gasteiger charge is -2.17. The summed E-state index contributed by atoms with van der Waals surface area (Å²) in [5.41, 5.74) is 1.41. The molecule has 0 spiro atoms. The fraction of sp³-hybridized carbons (Fsp3) is 0.600. The Labute approximate surface area is 105 Å². The largest absolute Gasteiger partial charge is 0.316 e. The Kier molecular flexibility index (Phi) is 5.02. The van der Waals surface area contributed by atoms with Crippen LogP contribution in [0, 0.1) is 5.92 Å². The van der Waals surface area contributed by atoms with Crippen LogP contribution in [0.4, 0.5) is 0 Å². The molecule has 1 aliphatic rings. The van der Waals surface area contributed by atoms with Crippen molar-refractivity contribution in [3.63, 3.8) is 0 Å². The van der Waals surface area contributed by atoms with E-state index >= 15 is 0 Å². The quantitative estimate of drug-likeness (QED) is 0.810. The van der Waals surface area contributed by atoms with Crippen LogP contribution in [0.5, 0.6) is 0 Å². The Morgan fingerprint density at radius 2 is 2.12 bits per heavy atom. The summed E-state index contributed by atoms with van der Waals surface area (Å²) >= 11 is 0. The van der Waals surface area contributed by atoms with Gasteiger partial charge in [-0.05, 0) is 57.4 Å². The molecule has 1 heterocycles. The highest BCUT2D eigenvalue weighted by Crippen LogP contribution is 2.14. The van der Waals surface area contributed by atoms with Crippen molar-refractivity contribution >= 4 is 0 Å². The van der Waals surface area contributed by atoms with Crippen molar-refractivity contribution < 1.29 is 0 Å². The molecule has 1 N–H and O–H groups in total. The Hall–Kier alpha value is -0.860. The molecule has 2 nitrogen and oxygen atoms in total. The van der Waals surface area contributed by atoms with Gasteiger partial charge in [-0.2, -0.15) is 0 Å². The van der Waals surface area contributed by atoms with E-state index in [1.54, 1.807) is 0 Å². The molecule has 1 aromatic carbocycles. The SMILES string of the molecule is CN(CCCC1CCNC1)Cc1ccccc1. The van der Waals surface area contributed by atoms with Crippen molar-refractivity contribution in [2.45, 2.75) is 25.8 Å². The lowest BCUT2D eigenvalue weighted by molar-refractivity contribution is 0.308. The zero-order chi connectivity index (χ0) is 11.9. The Morgan fingerprint density at radius 3 is 2.82 bits per heavy atom. The molecular formula is C15H24N2. The van der Waals surface area contributed by atoms with E-state index in [-0.39, 0.29) is 0 Å². The van der Waals surface area contributed by atoms with Gasteiger partial charge < -0.3 is 10.2 Å². The van der Waals surface area contributed by atoms with Gasteiger partial charge in [0.1, 0.15) is 0 Å². The van der Waals surface area contributed by atoms with E-state index in [4.69, 9.17) is 0 Å². The summed E-state index contributed by atoms with van der Waals surface area (Å²) in [6, 6.07) is 10.7. The predicted octanol–water partition coefficient (Wildman–Crippen LogP) is 2.51. The van der Waals surface area contributed by atoms with Gasteiger partial charge in [0.05, 0.1) is 0 Å². The van der Waals surface area contributed by atoms with Crippen LogP contribution in [0.25, 0.3) is 0 Å². The van der Waals surface area contributed by atoms with Gasteiger partial charge in [0.15, 0.2) is 0 Å². The van der Waals surface area contributed by atoms with Gasteiger partial charge in [0.2, 0.25) is 0 Å². The zero-order valence-corrected chi connectivity index (χ0v) is 10.9. The topological polar surface area (TPSA) is 15.3 Å². The van der Waals surface area contributed by atoms with Gasteiger partial charge in [0, 0.05) is 6.54 Å². The highest BCUT2D eigenvalue weighted by molar-refractivity contribution is 5.14. The maximum Gasteiger partial charge on any atom is 0.0230 e. The minimum atomic E-state index is 0.931. The highest BCUT2D eigenvalue weighted by atomic mass is 15.1. The minimum absolute atomic E-state index is 0.931. The van der Waals surface area contributed by atoms with Gasteiger partial charge >= 0.3 is 0 Å². The third-order valence-corrected chi connectivity index (χ3v) is 3.61. The second-order valence-electron chi connectivity index (χ2n) is 5.22. The first-order chi connectivity index (χ1) is 8.34.